The summed E-state index contributed by atoms with van der Waals surface area (Å²) in [6, 6.07) is 2.09. The van der Waals surface area contributed by atoms with Crippen molar-refractivity contribution in [3.05, 3.63) is 39.0 Å². The van der Waals surface area contributed by atoms with Crippen LogP contribution in [0, 0.1) is 11.3 Å². The number of hydrogen-bond acceptors (Lipinski definition) is 5. The topological polar surface area (TPSA) is 97.0 Å². The molecule has 0 atom stereocenters. The van der Waals surface area contributed by atoms with E-state index in [4.69, 9.17) is 27.9 Å². The molecule has 1 heterocycles. The lowest BCUT2D eigenvalue weighted by Gasteiger charge is -2.15. The van der Waals surface area contributed by atoms with Crippen LogP contribution in [-0.4, -0.2) is 40.9 Å². The number of nitriles is 1. The molecule has 0 aliphatic rings. The Morgan fingerprint density at radius 1 is 1.19 bits per heavy atom. The van der Waals surface area contributed by atoms with Crippen LogP contribution < -0.4 is 5.32 Å². The van der Waals surface area contributed by atoms with E-state index in [0.717, 1.165) is 0 Å². The summed E-state index contributed by atoms with van der Waals surface area (Å²) >= 11 is 11.7. The van der Waals surface area contributed by atoms with Gasteiger partial charge in [0.1, 0.15) is 29.7 Å². The zero-order chi connectivity index (χ0) is 24.4. The Kier molecular flexibility index (Phi) is 7.44. The van der Waals surface area contributed by atoms with Crippen LogP contribution >= 0.6 is 23.2 Å². The van der Waals surface area contributed by atoms with Gasteiger partial charge in [0, 0.05) is 6.61 Å². The molecule has 15 heteroatoms. The summed E-state index contributed by atoms with van der Waals surface area (Å²) in [6.07, 6.45) is -10.3. The molecule has 172 valence electrons. The fourth-order valence-electron chi connectivity index (χ4n) is 2.42. The van der Waals surface area contributed by atoms with Crippen molar-refractivity contribution < 1.29 is 40.7 Å². The number of carbonyl (C=O) groups excluding carboxylic acids is 2. The number of hydrogen-bond donors (Lipinski definition) is 1. The third kappa shape index (κ3) is 5.32. The second kappa shape index (κ2) is 9.35. The maximum Gasteiger partial charge on any atom is 0.455 e. The molecular formula is C17H10Cl2F6N4O3. The molecule has 1 amide bonds. The van der Waals surface area contributed by atoms with Gasteiger partial charge in [-0.15, -0.1) is 0 Å². The van der Waals surface area contributed by atoms with E-state index >= 15 is 0 Å². The molecule has 1 aromatic heterocycles. The number of alkyl halides is 6. The predicted molar refractivity (Wildman–Crippen MR) is 98.8 cm³/mol. The first-order valence-electron chi connectivity index (χ1n) is 8.31. The van der Waals surface area contributed by atoms with E-state index in [9.17, 15) is 41.2 Å². The zero-order valence-corrected chi connectivity index (χ0v) is 17.2. The van der Waals surface area contributed by atoms with Crippen LogP contribution in [0.3, 0.4) is 0 Å². The molecule has 0 saturated heterocycles. The number of nitrogens with one attached hydrogen (secondary N) is 1. The number of nitrogens with zero attached hydrogens (tertiary/aromatic N) is 3. The van der Waals surface area contributed by atoms with Crippen molar-refractivity contribution in [2.24, 2.45) is 0 Å². The fraction of sp³-hybridized carbons (Fsp3) is 0.294. The molecule has 0 radical (unpaired) electrons. The van der Waals surface area contributed by atoms with Crippen LogP contribution in [0.2, 0.25) is 10.0 Å². The van der Waals surface area contributed by atoms with Gasteiger partial charge in [-0.2, -0.15) is 36.7 Å². The highest BCUT2D eigenvalue weighted by Gasteiger charge is 2.44. The van der Waals surface area contributed by atoms with Crippen molar-refractivity contribution in [2.75, 3.05) is 18.5 Å². The van der Waals surface area contributed by atoms with E-state index in [-0.39, 0.29) is 6.61 Å². The SMILES string of the molecule is CCOCC(=O)Nc1c(C(=O)C(F)(F)F)c(C#N)nn1-c1c(Cl)cc(C(F)(F)F)cc1Cl. The first-order chi connectivity index (χ1) is 14.7. The van der Waals surface area contributed by atoms with Gasteiger partial charge < -0.3 is 10.1 Å². The number of halogens is 8. The maximum atomic E-state index is 13.1. The van der Waals surface area contributed by atoms with Crippen LogP contribution in [0.25, 0.3) is 5.69 Å². The van der Waals surface area contributed by atoms with Gasteiger partial charge in [0.05, 0.1) is 15.6 Å². The Morgan fingerprint density at radius 3 is 2.19 bits per heavy atom. The Hall–Kier alpha value is -2.82. The van der Waals surface area contributed by atoms with E-state index in [1.54, 1.807) is 0 Å². The Morgan fingerprint density at radius 2 is 1.75 bits per heavy atom. The van der Waals surface area contributed by atoms with Crippen LogP contribution in [0.15, 0.2) is 12.1 Å². The number of rotatable bonds is 6. The van der Waals surface area contributed by atoms with E-state index in [2.05, 4.69) is 5.10 Å². The van der Waals surface area contributed by atoms with Crippen LogP contribution in [0.5, 0.6) is 0 Å². The van der Waals surface area contributed by atoms with E-state index in [0.29, 0.717) is 16.8 Å². The Balaban J connectivity index is 2.81. The van der Waals surface area contributed by atoms with Gasteiger partial charge in [0.25, 0.3) is 11.7 Å². The standard InChI is InChI=1S/C17H10Cl2F6N4O3/c1-2-32-6-11(30)27-15-12(14(31)17(23,24)25)10(5-26)28-29(15)13-8(18)3-7(4-9(13)19)16(20,21)22/h3-4H,2,6H2,1H3,(H,27,30). The van der Waals surface area contributed by atoms with Crippen molar-refractivity contribution in [3.63, 3.8) is 0 Å². The molecule has 0 spiro atoms. The second-order valence-electron chi connectivity index (χ2n) is 5.89. The molecule has 0 bridgehead atoms. The lowest BCUT2D eigenvalue weighted by Crippen LogP contribution is -2.27. The van der Waals surface area contributed by atoms with Gasteiger partial charge in [-0.1, -0.05) is 23.2 Å². The van der Waals surface area contributed by atoms with Crippen molar-refractivity contribution in [1.82, 2.24) is 9.78 Å². The van der Waals surface area contributed by atoms with Gasteiger partial charge in [0.2, 0.25) is 0 Å². The summed E-state index contributed by atoms with van der Waals surface area (Å²) in [5, 5.41) is 13.2. The minimum atomic E-state index is -5.48. The summed E-state index contributed by atoms with van der Waals surface area (Å²) in [5.74, 6) is -4.56. The number of ketones is 1. The minimum Gasteiger partial charge on any atom is -0.372 e. The predicted octanol–water partition coefficient (Wildman–Crippen LogP) is 4.79. The van der Waals surface area contributed by atoms with E-state index < -0.39 is 69.0 Å². The highest BCUT2D eigenvalue weighted by Crippen LogP contribution is 2.40. The van der Waals surface area contributed by atoms with Gasteiger partial charge in [-0.3, -0.25) is 9.59 Å². The summed E-state index contributed by atoms with van der Waals surface area (Å²) in [6.45, 7) is 0.921. The second-order valence-corrected chi connectivity index (χ2v) is 6.71. The zero-order valence-electron chi connectivity index (χ0n) is 15.7. The van der Waals surface area contributed by atoms with Crippen molar-refractivity contribution >= 4 is 40.7 Å². The number of ether oxygens (including phenoxy) is 1. The number of amides is 1. The molecule has 1 N–H and O–H groups in total. The molecule has 1 aromatic carbocycles. The summed E-state index contributed by atoms with van der Waals surface area (Å²) < 4.78 is 83.5. The van der Waals surface area contributed by atoms with Crippen LogP contribution in [0.4, 0.5) is 32.2 Å². The summed E-state index contributed by atoms with van der Waals surface area (Å²) in [4.78, 5) is 24.0. The molecular weight excluding hydrogens is 493 g/mol. The van der Waals surface area contributed by atoms with Crippen molar-refractivity contribution in [3.8, 4) is 11.8 Å². The quantitative estimate of drug-likeness (QED) is 0.452. The third-order valence-electron chi connectivity index (χ3n) is 3.73. The molecule has 0 saturated carbocycles. The summed E-state index contributed by atoms with van der Waals surface area (Å²) in [5.41, 5.74) is -4.31. The number of carbonyl (C=O) groups is 2. The molecule has 32 heavy (non-hydrogen) atoms. The van der Waals surface area contributed by atoms with Gasteiger partial charge >= 0.3 is 12.4 Å². The molecule has 2 rings (SSSR count). The number of Topliss-reactive ketones (excluding diaryl/α,β-unsaturated/α-hetero) is 1. The average Bonchev–Trinajstić information content (AvgIpc) is 3.01. The van der Waals surface area contributed by atoms with E-state index in [1.165, 1.54) is 13.0 Å². The number of aromatic nitrogens is 2. The Labute approximate surface area is 185 Å². The molecule has 0 aliphatic carbocycles. The number of anilines is 1. The fourth-order valence-corrected chi connectivity index (χ4v) is 3.07. The molecule has 0 aliphatic heterocycles. The Bertz CT molecular complexity index is 1080. The molecule has 0 fully saturated rings. The van der Waals surface area contributed by atoms with Crippen LogP contribution in [-0.2, 0) is 15.7 Å². The normalized spacial score (nSPS) is 11.9. The van der Waals surface area contributed by atoms with Crippen molar-refractivity contribution in [1.29, 1.82) is 5.26 Å². The van der Waals surface area contributed by atoms with E-state index in [1.807, 2.05) is 5.32 Å². The number of benzene rings is 1. The first kappa shape index (κ1) is 25.4. The smallest absolute Gasteiger partial charge is 0.372 e. The van der Waals surface area contributed by atoms with Crippen molar-refractivity contribution in [2.45, 2.75) is 19.3 Å². The van der Waals surface area contributed by atoms with Crippen LogP contribution in [0.1, 0.15) is 28.5 Å². The third-order valence-corrected chi connectivity index (χ3v) is 4.30. The monoisotopic (exact) mass is 502 g/mol. The minimum absolute atomic E-state index is 0.0566. The van der Waals surface area contributed by atoms with Gasteiger partial charge in [-0.25, -0.2) is 4.68 Å². The largest absolute Gasteiger partial charge is 0.455 e. The lowest BCUT2D eigenvalue weighted by molar-refractivity contribution is -0.137. The highest BCUT2D eigenvalue weighted by atomic mass is 35.5. The molecule has 7 nitrogen and oxygen atoms in total. The average molecular weight is 503 g/mol. The van der Waals surface area contributed by atoms with Gasteiger partial charge in [-0.05, 0) is 19.1 Å². The maximum absolute atomic E-state index is 13.1. The summed E-state index contributed by atoms with van der Waals surface area (Å²) in [7, 11) is 0. The highest BCUT2D eigenvalue weighted by molar-refractivity contribution is 6.38. The molecule has 2 aromatic rings. The first-order valence-corrected chi connectivity index (χ1v) is 9.06. The molecule has 0 unspecified atom stereocenters. The lowest BCUT2D eigenvalue weighted by atomic mass is 10.1. The van der Waals surface area contributed by atoms with Gasteiger partial charge in [0.15, 0.2) is 5.69 Å².